The predicted octanol–water partition coefficient (Wildman–Crippen LogP) is 4.26. The Labute approximate surface area is 92.5 Å². The van der Waals surface area contributed by atoms with Gasteiger partial charge in [0, 0.05) is 5.56 Å². The van der Waals surface area contributed by atoms with E-state index in [9.17, 15) is 0 Å². The van der Waals surface area contributed by atoms with E-state index in [2.05, 4.69) is 32.0 Å². The van der Waals surface area contributed by atoms with Crippen molar-refractivity contribution in [1.82, 2.24) is 0 Å². The first kappa shape index (κ1) is 10.5. The summed E-state index contributed by atoms with van der Waals surface area (Å²) in [5, 5.41) is 0. The molecule has 0 aliphatic heterocycles. The standard InChI is InChI=1S/C14H20O/c1-3-5-6-11(4-2)10-15-14-8-7-12-9-13(12)14/h7-9,11H,3-6,10H2,1-2H3. The molecule has 1 unspecified atom stereocenters. The number of benzene rings is 1. The quantitative estimate of drug-likeness (QED) is 0.654. The second kappa shape index (κ2) is 4.69. The smallest absolute Gasteiger partial charge is 0.127 e. The highest BCUT2D eigenvalue weighted by Crippen LogP contribution is 2.43. The van der Waals surface area contributed by atoms with E-state index in [1.807, 2.05) is 0 Å². The summed E-state index contributed by atoms with van der Waals surface area (Å²) in [5.74, 6) is 1.83. The molecule has 2 aliphatic carbocycles. The first-order valence-electron chi connectivity index (χ1n) is 6.12. The van der Waals surface area contributed by atoms with Gasteiger partial charge in [0.1, 0.15) is 5.75 Å². The van der Waals surface area contributed by atoms with E-state index in [1.54, 1.807) is 0 Å². The van der Waals surface area contributed by atoms with Crippen LogP contribution in [0.1, 0.15) is 39.5 Å². The average molecular weight is 204 g/mol. The summed E-state index contributed by atoms with van der Waals surface area (Å²) in [6.45, 7) is 5.39. The maximum Gasteiger partial charge on any atom is 0.127 e. The molecule has 0 N–H and O–H groups in total. The number of hydrogen-bond donors (Lipinski definition) is 0. The fourth-order valence-electron chi connectivity index (χ4n) is 1.96. The molecule has 0 bridgehead atoms. The van der Waals surface area contributed by atoms with Crippen molar-refractivity contribution in [2.24, 2.45) is 5.92 Å². The molecule has 1 atom stereocenters. The molecule has 0 spiro atoms. The zero-order chi connectivity index (χ0) is 10.7. The molecule has 1 heteroatoms. The highest BCUT2D eigenvalue weighted by Gasteiger charge is 2.19. The maximum absolute atomic E-state index is 5.85. The van der Waals surface area contributed by atoms with E-state index in [4.69, 9.17) is 4.74 Å². The van der Waals surface area contributed by atoms with Gasteiger partial charge >= 0.3 is 0 Å². The van der Waals surface area contributed by atoms with Crippen LogP contribution in [-0.2, 0) is 0 Å². The number of rotatable bonds is 7. The molecule has 0 saturated carbocycles. The Kier molecular flexibility index (Phi) is 3.30. The third-order valence-electron chi connectivity index (χ3n) is 3.23. The van der Waals surface area contributed by atoms with Crippen LogP contribution in [0.4, 0.5) is 0 Å². The van der Waals surface area contributed by atoms with Gasteiger partial charge in [-0.2, -0.15) is 0 Å². The largest absolute Gasteiger partial charge is 0.493 e. The summed E-state index contributed by atoms with van der Waals surface area (Å²) in [6, 6.07) is 6.41. The lowest BCUT2D eigenvalue weighted by atomic mass is 10.0. The Balaban J connectivity index is 1.74. The van der Waals surface area contributed by atoms with E-state index in [-0.39, 0.29) is 0 Å². The average Bonchev–Trinajstić information content (AvgIpc) is 2.94. The van der Waals surface area contributed by atoms with Gasteiger partial charge in [0.25, 0.3) is 0 Å². The first-order valence-corrected chi connectivity index (χ1v) is 6.12. The number of hydrogen-bond acceptors (Lipinski definition) is 1. The van der Waals surface area contributed by atoms with Gasteiger partial charge in [-0.15, -0.1) is 0 Å². The van der Waals surface area contributed by atoms with E-state index in [1.165, 1.54) is 36.8 Å². The van der Waals surface area contributed by atoms with Gasteiger partial charge in [-0.3, -0.25) is 0 Å². The van der Waals surface area contributed by atoms with Gasteiger partial charge in [0.2, 0.25) is 0 Å². The molecule has 0 amide bonds. The highest BCUT2D eigenvalue weighted by atomic mass is 16.5. The molecule has 0 saturated heterocycles. The van der Waals surface area contributed by atoms with E-state index in [0.29, 0.717) is 0 Å². The van der Waals surface area contributed by atoms with Crippen molar-refractivity contribution in [1.29, 1.82) is 0 Å². The molecule has 82 valence electrons. The Morgan fingerprint density at radius 3 is 2.67 bits per heavy atom. The molecule has 0 aromatic carbocycles. The van der Waals surface area contributed by atoms with Crippen molar-refractivity contribution in [2.45, 2.75) is 39.5 Å². The molecule has 1 nitrogen and oxygen atoms in total. The summed E-state index contributed by atoms with van der Waals surface area (Å²) >= 11 is 0. The second-order valence-corrected chi connectivity index (χ2v) is 4.44. The summed E-state index contributed by atoms with van der Waals surface area (Å²) in [6.07, 6.45) is 5.15. The number of ether oxygens (including phenoxy) is 1. The van der Waals surface area contributed by atoms with Crippen molar-refractivity contribution < 1.29 is 4.74 Å². The molecule has 0 aromatic heterocycles. The van der Waals surface area contributed by atoms with E-state index in [0.717, 1.165) is 18.3 Å². The molecule has 0 radical (unpaired) electrons. The van der Waals surface area contributed by atoms with Gasteiger partial charge in [-0.1, -0.05) is 39.2 Å². The Morgan fingerprint density at radius 1 is 1.27 bits per heavy atom. The molecule has 0 fully saturated rings. The van der Waals surface area contributed by atoms with Gasteiger partial charge in [0.05, 0.1) is 6.61 Å². The lowest BCUT2D eigenvalue weighted by Gasteiger charge is -2.14. The van der Waals surface area contributed by atoms with Crippen LogP contribution in [0.25, 0.3) is 11.1 Å². The van der Waals surface area contributed by atoms with Crippen LogP contribution in [0.5, 0.6) is 5.75 Å². The summed E-state index contributed by atoms with van der Waals surface area (Å²) in [7, 11) is 0. The molecule has 0 heterocycles. The molecular formula is C14H20O. The van der Waals surface area contributed by atoms with E-state index < -0.39 is 0 Å². The minimum atomic E-state index is 0.731. The van der Waals surface area contributed by atoms with Crippen molar-refractivity contribution in [3.05, 3.63) is 18.2 Å². The minimum Gasteiger partial charge on any atom is -0.493 e. The van der Waals surface area contributed by atoms with Crippen LogP contribution >= 0.6 is 0 Å². The Bertz CT molecular complexity index is 330. The Morgan fingerprint density at radius 2 is 2.13 bits per heavy atom. The van der Waals surface area contributed by atoms with Crippen LogP contribution in [0.15, 0.2) is 18.2 Å². The third kappa shape index (κ3) is 2.53. The molecule has 15 heavy (non-hydrogen) atoms. The lowest BCUT2D eigenvalue weighted by molar-refractivity contribution is 0.235. The summed E-state index contributed by atoms with van der Waals surface area (Å²) < 4.78 is 5.85. The van der Waals surface area contributed by atoms with Crippen LogP contribution in [0.3, 0.4) is 0 Å². The van der Waals surface area contributed by atoms with Crippen molar-refractivity contribution in [3.8, 4) is 16.9 Å². The zero-order valence-corrected chi connectivity index (χ0v) is 9.75. The molecule has 2 rings (SSSR count). The predicted molar refractivity (Wildman–Crippen MR) is 64.2 cm³/mol. The summed E-state index contributed by atoms with van der Waals surface area (Å²) in [5.41, 5.74) is 2.70. The number of unbranched alkanes of at least 4 members (excludes halogenated alkanes) is 1. The zero-order valence-electron chi connectivity index (χ0n) is 9.75. The second-order valence-electron chi connectivity index (χ2n) is 4.44. The van der Waals surface area contributed by atoms with Crippen LogP contribution < -0.4 is 4.74 Å². The fourth-order valence-corrected chi connectivity index (χ4v) is 1.96. The third-order valence-corrected chi connectivity index (χ3v) is 3.23. The topological polar surface area (TPSA) is 9.23 Å². The van der Waals surface area contributed by atoms with Crippen molar-refractivity contribution in [3.63, 3.8) is 0 Å². The monoisotopic (exact) mass is 204 g/mol. The van der Waals surface area contributed by atoms with Gasteiger partial charge < -0.3 is 4.74 Å². The SMILES string of the molecule is CCCCC(CC)COc1ccc2cc1-2. The van der Waals surface area contributed by atoms with E-state index >= 15 is 0 Å². The summed E-state index contributed by atoms with van der Waals surface area (Å²) in [4.78, 5) is 0. The number of fused-ring (bicyclic) bond motifs is 1. The Hall–Kier alpha value is -0.980. The highest BCUT2D eigenvalue weighted by molar-refractivity contribution is 5.87. The minimum absolute atomic E-state index is 0.731. The van der Waals surface area contributed by atoms with Crippen molar-refractivity contribution in [2.75, 3.05) is 6.61 Å². The van der Waals surface area contributed by atoms with Gasteiger partial charge in [0.15, 0.2) is 0 Å². The van der Waals surface area contributed by atoms with Gasteiger partial charge in [-0.05, 0) is 30.0 Å². The molecular weight excluding hydrogens is 184 g/mol. The lowest BCUT2D eigenvalue weighted by Crippen LogP contribution is -2.10. The maximum atomic E-state index is 5.85. The van der Waals surface area contributed by atoms with Crippen molar-refractivity contribution >= 4 is 0 Å². The van der Waals surface area contributed by atoms with Crippen LogP contribution in [0.2, 0.25) is 0 Å². The van der Waals surface area contributed by atoms with Crippen LogP contribution in [0, 0.1) is 5.92 Å². The molecule has 0 aromatic rings. The molecule has 2 aliphatic rings. The normalized spacial score (nSPS) is 13.7. The fraction of sp³-hybridized carbons (Fsp3) is 0.571. The van der Waals surface area contributed by atoms with Crippen LogP contribution in [-0.4, -0.2) is 6.61 Å². The van der Waals surface area contributed by atoms with Gasteiger partial charge in [-0.25, -0.2) is 0 Å². The first-order chi connectivity index (χ1) is 7.35.